The molecule has 3 atom stereocenters. The molecule has 1 aromatic carbocycles. The molecule has 0 radical (unpaired) electrons. The number of carbonyl (C=O) groups is 1. The van der Waals surface area contributed by atoms with Crippen molar-refractivity contribution in [3.63, 3.8) is 0 Å². The van der Waals surface area contributed by atoms with E-state index in [0.717, 1.165) is 35.9 Å². The van der Waals surface area contributed by atoms with Crippen LogP contribution in [0.5, 0.6) is 0 Å². The van der Waals surface area contributed by atoms with Crippen LogP contribution in [0.25, 0.3) is 10.9 Å². The minimum atomic E-state index is -0.0675. The van der Waals surface area contributed by atoms with Crippen molar-refractivity contribution in [3.8, 4) is 0 Å². The Bertz CT molecular complexity index is 780. The molecule has 1 aromatic heterocycles. The van der Waals surface area contributed by atoms with E-state index >= 15 is 0 Å². The molecule has 0 aliphatic heterocycles. The first-order valence-corrected chi connectivity index (χ1v) is 9.64. The molecule has 3 rings (SSSR count). The molecule has 3 N–H and O–H groups in total. The number of nitrogens with zero attached hydrogens (tertiary/aromatic N) is 2. The standard InChI is InChI=1S/C19H27ClN4O2.ClH/c1-3-9-26-17-10-12(7-8-14(17)21)19(25)22-11-15-18-13(20)5-4-6-16(18)24(2)23-15;/h4-6,12,14,17H,3,7-11,21H2,1-2H3,(H,22,25);1H/t12-,14-,17-;/m0./s1. The van der Waals surface area contributed by atoms with Crippen molar-refractivity contribution in [2.45, 2.75) is 51.3 Å². The van der Waals surface area contributed by atoms with Crippen molar-refractivity contribution in [3.05, 3.63) is 28.9 Å². The maximum absolute atomic E-state index is 12.7. The second-order valence-corrected chi connectivity index (χ2v) is 7.41. The number of carbonyl (C=O) groups excluding carboxylic acids is 1. The molecule has 1 aliphatic carbocycles. The van der Waals surface area contributed by atoms with Crippen LogP contribution in [-0.4, -0.2) is 34.4 Å². The SMILES string of the molecule is CCCO[C@H]1C[C@@H](C(=O)NCc2nn(C)c3cccc(Cl)c23)CC[C@@H]1N.Cl. The van der Waals surface area contributed by atoms with Gasteiger partial charge in [-0.25, -0.2) is 0 Å². The number of rotatable bonds is 6. The normalized spacial score (nSPS) is 22.4. The maximum atomic E-state index is 12.7. The molecule has 0 bridgehead atoms. The van der Waals surface area contributed by atoms with E-state index in [9.17, 15) is 4.79 Å². The molecule has 0 saturated heterocycles. The Labute approximate surface area is 171 Å². The van der Waals surface area contributed by atoms with Gasteiger partial charge in [-0.05, 0) is 37.8 Å². The molecule has 6 nitrogen and oxygen atoms in total. The van der Waals surface area contributed by atoms with Crippen molar-refractivity contribution >= 4 is 40.8 Å². The number of ether oxygens (including phenoxy) is 1. The zero-order valence-corrected chi connectivity index (χ0v) is 17.4. The average Bonchev–Trinajstić information content (AvgIpc) is 2.96. The van der Waals surface area contributed by atoms with Gasteiger partial charge in [-0.15, -0.1) is 12.4 Å². The van der Waals surface area contributed by atoms with Gasteiger partial charge in [-0.2, -0.15) is 5.10 Å². The molecule has 27 heavy (non-hydrogen) atoms. The van der Waals surface area contributed by atoms with Crippen LogP contribution in [0.15, 0.2) is 18.2 Å². The van der Waals surface area contributed by atoms with Crippen molar-refractivity contribution < 1.29 is 9.53 Å². The third-order valence-corrected chi connectivity index (χ3v) is 5.39. The first-order chi connectivity index (χ1) is 12.5. The quantitative estimate of drug-likeness (QED) is 0.759. The van der Waals surface area contributed by atoms with Crippen LogP contribution in [0.1, 0.15) is 38.3 Å². The van der Waals surface area contributed by atoms with Crippen LogP contribution in [-0.2, 0) is 23.1 Å². The summed E-state index contributed by atoms with van der Waals surface area (Å²) in [5, 5.41) is 9.08. The number of hydrogen-bond donors (Lipinski definition) is 2. The Morgan fingerprint density at radius 2 is 2.22 bits per heavy atom. The van der Waals surface area contributed by atoms with E-state index in [1.54, 1.807) is 4.68 Å². The van der Waals surface area contributed by atoms with Gasteiger partial charge in [0, 0.05) is 31.0 Å². The summed E-state index contributed by atoms with van der Waals surface area (Å²) in [6.07, 6.45) is 3.20. The van der Waals surface area contributed by atoms with E-state index in [1.165, 1.54) is 0 Å². The summed E-state index contributed by atoms with van der Waals surface area (Å²) in [5.41, 5.74) is 7.89. The van der Waals surface area contributed by atoms with E-state index in [1.807, 2.05) is 25.2 Å². The molecular weight excluding hydrogens is 387 g/mol. The van der Waals surface area contributed by atoms with Crippen molar-refractivity contribution in [1.29, 1.82) is 0 Å². The van der Waals surface area contributed by atoms with E-state index < -0.39 is 0 Å². The first-order valence-electron chi connectivity index (χ1n) is 9.26. The Morgan fingerprint density at radius 1 is 1.44 bits per heavy atom. The van der Waals surface area contributed by atoms with E-state index in [4.69, 9.17) is 22.1 Å². The van der Waals surface area contributed by atoms with Gasteiger partial charge in [0.15, 0.2) is 0 Å². The molecular formula is C19H28Cl2N4O2. The molecule has 0 unspecified atom stereocenters. The van der Waals surface area contributed by atoms with Gasteiger partial charge >= 0.3 is 0 Å². The zero-order valence-electron chi connectivity index (χ0n) is 15.8. The number of amides is 1. The van der Waals surface area contributed by atoms with E-state index in [2.05, 4.69) is 17.3 Å². The minimum absolute atomic E-state index is 0. The predicted octanol–water partition coefficient (Wildman–Crippen LogP) is 3.19. The van der Waals surface area contributed by atoms with Gasteiger partial charge in [0.1, 0.15) is 0 Å². The smallest absolute Gasteiger partial charge is 0.223 e. The lowest BCUT2D eigenvalue weighted by atomic mass is 9.83. The van der Waals surface area contributed by atoms with Gasteiger partial charge < -0.3 is 15.8 Å². The van der Waals surface area contributed by atoms with Gasteiger partial charge in [0.2, 0.25) is 5.91 Å². The highest BCUT2D eigenvalue weighted by atomic mass is 35.5. The van der Waals surface area contributed by atoms with Crippen LogP contribution in [0.2, 0.25) is 5.02 Å². The summed E-state index contributed by atoms with van der Waals surface area (Å²) < 4.78 is 7.61. The second-order valence-electron chi connectivity index (χ2n) is 7.01. The molecule has 1 aliphatic rings. The summed E-state index contributed by atoms with van der Waals surface area (Å²) in [5.74, 6) is -0.0324. The second kappa shape index (κ2) is 9.73. The summed E-state index contributed by atoms with van der Waals surface area (Å²) in [6, 6.07) is 5.73. The minimum Gasteiger partial charge on any atom is -0.377 e. The third-order valence-electron chi connectivity index (χ3n) is 5.08. The predicted molar refractivity (Wildman–Crippen MR) is 110 cm³/mol. The Kier molecular flexibility index (Phi) is 7.91. The molecule has 1 heterocycles. The van der Waals surface area contributed by atoms with E-state index in [-0.39, 0.29) is 36.4 Å². The molecule has 1 saturated carbocycles. The van der Waals surface area contributed by atoms with Crippen molar-refractivity contribution in [2.24, 2.45) is 18.7 Å². The van der Waals surface area contributed by atoms with Crippen LogP contribution >= 0.6 is 24.0 Å². The Morgan fingerprint density at radius 3 is 2.96 bits per heavy atom. The highest BCUT2D eigenvalue weighted by Gasteiger charge is 2.32. The van der Waals surface area contributed by atoms with Crippen LogP contribution in [0.3, 0.4) is 0 Å². The monoisotopic (exact) mass is 414 g/mol. The highest BCUT2D eigenvalue weighted by molar-refractivity contribution is 6.35. The number of aryl methyl sites for hydroxylation is 1. The summed E-state index contributed by atoms with van der Waals surface area (Å²) in [4.78, 5) is 12.7. The first kappa shape index (κ1) is 22.0. The molecule has 150 valence electrons. The number of benzene rings is 1. The Balaban J connectivity index is 0.00000261. The van der Waals surface area contributed by atoms with Crippen molar-refractivity contribution in [2.75, 3.05) is 6.61 Å². The lowest BCUT2D eigenvalue weighted by Gasteiger charge is -2.33. The average molecular weight is 415 g/mol. The fraction of sp³-hybridized carbons (Fsp3) is 0.579. The summed E-state index contributed by atoms with van der Waals surface area (Å²) >= 11 is 6.33. The Hall–Kier alpha value is -1.34. The molecule has 8 heteroatoms. The van der Waals surface area contributed by atoms with Gasteiger partial charge in [-0.3, -0.25) is 9.48 Å². The number of aromatic nitrogens is 2. The van der Waals surface area contributed by atoms with Gasteiger partial charge in [0.25, 0.3) is 0 Å². The third kappa shape index (κ3) is 4.93. The number of halogens is 2. The lowest BCUT2D eigenvalue weighted by Crippen LogP contribution is -2.45. The van der Waals surface area contributed by atoms with Crippen LogP contribution < -0.4 is 11.1 Å². The highest BCUT2D eigenvalue weighted by Crippen LogP contribution is 2.28. The topological polar surface area (TPSA) is 82.2 Å². The zero-order chi connectivity index (χ0) is 18.7. The van der Waals surface area contributed by atoms with Gasteiger partial charge in [-0.1, -0.05) is 24.6 Å². The number of hydrogen-bond acceptors (Lipinski definition) is 4. The van der Waals surface area contributed by atoms with Crippen LogP contribution in [0, 0.1) is 5.92 Å². The largest absolute Gasteiger partial charge is 0.377 e. The molecule has 2 aromatic rings. The fourth-order valence-electron chi connectivity index (χ4n) is 3.64. The number of nitrogens with two attached hydrogens (primary N) is 1. The number of fused-ring (bicyclic) bond motifs is 1. The fourth-order valence-corrected chi connectivity index (χ4v) is 3.92. The molecule has 1 fully saturated rings. The van der Waals surface area contributed by atoms with Crippen LogP contribution in [0.4, 0.5) is 0 Å². The van der Waals surface area contributed by atoms with E-state index in [0.29, 0.717) is 24.6 Å². The summed E-state index contributed by atoms with van der Waals surface area (Å²) in [6.45, 7) is 3.12. The number of nitrogens with one attached hydrogen (secondary N) is 1. The maximum Gasteiger partial charge on any atom is 0.223 e. The molecule has 1 amide bonds. The van der Waals surface area contributed by atoms with Gasteiger partial charge in [0.05, 0.1) is 28.9 Å². The lowest BCUT2D eigenvalue weighted by molar-refractivity contribution is -0.128. The summed E-state index contributed by atoms with van der Waals surface area (Å²) in [7, 11) is 1.88. The van der Waals surface area contributed by atoms with Crippen molar-refractivity contribution in [1.82, 2.24) is 15.1 Å². The molecule has 0 spiro atoms.